The van der Waals surface area contributed by atoms with Gasteiger partial charge in [0.05, 0.1) is 7.11 Å². The van der Waals surface area contributed by atoms with Crippen LogP contribution in [0.2, 0.25) is 0 Å². The highest BCUT2D eigenvalue weighted by atomic mass is 16.5. The standard InChI is InChI=1S/C14H21NO/c1-15-14(12-4-3-5-12)10-11-6-8-13(16-2)9-7-11/h6-9,12,14-15H,3-5,10H2,1-2H3. The Kier molecular flexibility index (Phi) is 3.83. The van der Waals surface area contributed by atoms with Crippen LogP contribution in [0.3, 0.4) is 0 Å². The highest BCUT2D eigenvalue weighted by Gasteiger charge is 2.25. The Balaban J connectivity index is 1.95. The molecule has 0 bridgehead atoms. The third-order valence-corrected chi connectivity index (χ3v) is 3.70. The molecule has 0 spiro atoms. The molecule has 2 heteroatoms. The van der Waals surface area contributed by atoms with E-state index >= 15 is 0 Å². The fourth-order valence-electron chi connectivity index (χ4n) is 2.36. The zero-order valence-corrected chi connectivity index (χ0v) is 10.2. The summed E-state index contributed by atoms with van der Waals surface area (Å²) in [5.74, 6) is 1.82. The van der Waals surface area contributed by atoms with Crippen LogP contribution in [0.15, 0.2) is 24.3 Å². The summed E-state index contributed by atoms with van der Waals surface area (Å²) in [7, 11) is 3.78. The molecule has 1 aromatic carbocycles. The zero-order chi connectivity index (χ0) is 11.4. The van der Waals surface area contributed by atoms with Crippen molar-refractivity contribution < 1.29 is 4.74 Å². The first kappa shape index (κ1) is 11.5. The average molecular weight is 219 g/mol. The minimum atomic E-state index is 0.641. The molecule has 1 aliphatic carbocycles. The summed E-state index contributed by atoms with van der Waals surface area (Å²) in [6.07, 6.45) is 5.32. The summed E-state index contributed by atoms with van der Waals surface area (Å²) in [5.41, 5.74) is 1.40. The van der Waals surface area contributed by atoms with Gasteiger partial charge in [0.25, 0.3) is 0 Å². The maximum absolute atomic E-state index is 5.16. The Morgan fingerprint density at radius 3 is 2.44 bits per heavy atom. The summed E-state index contributed by atoms with van der Waals surface area (Å²) in [5, 5.41) is 3.45. The van der Waals surface area contributed by atoms with Crippen LogP contribution in [-0.2, 0) is 6.42 Å². The van der Waals surface area contributed by atoms with Gasteiger partial charge in [-0.05, 0) is 49.9 Å². The monoisotopic (exact) mass is 219 g/mol. The van der Waals surface area contributed by atoms with Crippen LogP contribution in [0.25, 0.3) is 0 Å². The normalized spacial score (nSPS) is 17.9. The van der Waals surface area contributed by atoms with E-state index in [0.717, 1.165) is 18.1 Å². The molecule has 1 aromatic rings. The van der Waals surface area contributed by atoms with Gasteiger partial charge in [-0.15, -0.1) is 0 Å². The lowest BCUT2D eigenvalue weighted by Gasteiger charge is -2.33. The first-order valence-electron chi connectivity index (χ1n) is 6.13. The second-order valence-electron chi connectivity index (χ2n) is 4.64. The van der Waals surface area contributed by atoms with E-state index < -0.39 is 0 Å². The van der Waals surface area contributed by atoms with Gasteiger partial charge in [-0.1, -0.05) is 18.6 Å². The summed E-state index contributed by atoms with van der Waals surface area (Å²) in [6.45, 7) is 0. The molecule has 0 saturated heterocycles. The van der Waals surface area contributed by atoms with Crippen molar-refractivity contribution in [1.82, 2.24) is 5.32 Å². The lowest BCUT2D eigenvalue weighted by atomic mass is 9.78. The van der Waals surface area contributed by atoms with Gasteiger partial charge in [0, 0.05) is 6.04 Å². The maximum Gasteiger partial charge on any atom is 0.118 e. The van der Waals surface area contributed by atoms with Crippen molar-refractivity contribution in [2.45, 2.75) is 31.7 Å². The van der Waals surface area contributed by atoms with Gasteiger partial charge >= 0.3 is 0 Å². The summed E-state index contributed by atoms with van der Waals surface area (Å²) in [6, 6.07) is 9.07. The second kappa shape index (κ2) is 5.35. The molecule has 2 rings (SSSR count). The first-order chi connectivity index (χ1) is 7.83. The van der Waals surface area contributed by atoms with E-state index in [1.165, 1.54) is 24.8 Å². The van der Waals surface area contributed by atoms with Gasteiger partial charge in [-0.25, -0.2) is 0 Å². The Bertz CT molecular complexity index is 316. The van der Waals surface area contributed by atoms with E-state index in [9.17, 15) is 0 Å². The Morgan fingerprint density at radius 1 is 1.31 bits per heavy atom. The van der Waals surface area contributed by atoms with Crippen molar-refractivity contribution in [1.29, 1.82) is 0 Å². The van der Waals surface area contributed by atoms with Crippen LogP contribution in [0, 0.1) is 5.92 Å². The summed E-state index contributed by atoms with van der Waals surface area (Å²) < 4.78 is 5.16. The molecule has 0 heterocycles. The lowest BCUT2D eigenvalue weighted by molar-refractivity contribution is 0.236. The number of rotatable bonds is 5. The number of likely N-dealkylation sites (N-methyl/N-ethyl adjacent to an activating group) is 1. The predicted octanol–water partition coefficient (Wildman–Crippen LogP) is 2.63. The quantitative estimate of drug-likeness (QED) is 0.822. The van der Waals surface area contributed by atoms with Crippen molar-refractivity contribution in [3.63, 3.8) is 0 Å². The van der Waals surface area contributed by atoms with Crippen molar-refractivity contribution in [2.75, 3.05) is 14.2 Å². The molecule has 0 aliphatic heterocycles. The molecule has 16 heavy (non-hydrogen) atoms. The topological polar surface area (TPSA) is 21.3 Å². The fraction of sp³-hybridized carbons (Fsp3) is 0.571. The molecule has 0 radical (unpaired) electrons. The fourth-order valence-corrected chi connectivity index (χ4v) is 2.36. The van der Waals surface area contributed by atoms with Gasteiger partial charge in [-0.2, -0.15) is 0 Å². The zero-order valence-electron chi connectivity index (χ0n) is 10.2. The number of ether oxygens (including phenoxy) is 1. The average Bonchev–Trinajstić information content (AvgIpc) is 2.26. The summed E-state index contributed by atoms with van der Waals surface area (Å²) >= 11 is 0. The molecule has 1 N–H and O–H groups in total. The SMILES string of the molecule is CNC(Cc1ccc(OC)cc1)C1CCC1. The van der Waals surface area contributed by atoms with Crippen LogP contribution in [0.4, 0.5) is 0 Å². The second-order valence-corrected chi connectivity index (χ2v) is 4.64. The van der Waals surface area contributed by atoms with Gasteiger partial charge in [0.2, 0.25) is 0 Å². The van der Waals surface area contributed by atoms with Gasteiger partial charge in [0.15, 0.2) is 0 Å². The summed E-state index contributed by atoms with van der Waals surface area (Å²) in [4.78, 5) is 0. The Hall–Kier alpha value is -1.02. The van der Waals surface area contributed by atoms with Crippen molar-refractivity contribution in [3.05, 3.63) is 29.8 Å². The van der Waals surface area contributed by atoms with Crippen LogP contribution < -0.4 is 10.1 Å². The van der Waals surface area contributed by atoms with Crippen molar-refractivity contribution in [3.8, 4) is 5.75 Å². The van der Waals surface area contributed by atoms with Gasteiger partial charge < -0.3 is 10.1 Å². The third-order valence-electron chi connectivity index (χ3n) is 3.70. The molecule has 1 fully saturated rings. The molecule has 1 unspecified atom stereocenters. The first-order valence-corrected chi connectivity index (χ1v) is 6.13. The molecule has 88 valence electrons. The highest BCUT2D eigenvalue weighted by Crippen LogP contribution is 2.31. The lowest BCUT2D eigenvalue weighted by Crippen LogP contribution is -2.38. The van der Waals surface area contributed by atoms with E-state index in [1.807, 2.05) is 12.1 Å². The predicted molar refractivity (Wildman–Crippen MR) is 66.9 cm³/mol. The van der Waals surface area contributed by atoms with Crippen LogP contribution in [-0.4, -0.2) is 20.2 Å². The number of nitrogens with one attached hydrogen (secondary N) is 1. The van der Waals surface area contributed by atoms with E-state index in [4.69, 9.17) is 4.74 Å². The minimum Gasteiger partial charge on any atom is -0.497 e. The van der Waals surface area contributed by atoms with E-state index in [-0.39, 0.29) is 0 Å². The van der Waals surface area contributed by atoms with E-state index in [1.54, 1.807) is 7.11 Å². The molecule has 0 aromatic heterocycles. The molecule has 2 nitrogen and oxygen atoms in total. The molecule has 1 saturated carbocycles. The Labute approximate surface area is 98.0 Å². The highest BCUT2D eigenvalue weighted by molar-refractivity contribution is 5.27. The maximum atomic E-state index is 5.16. The number of hydrogen-bond acceptors (Lipinski definition) is 2. The van der Waals surface area contributed by atoms with E-state index in [0.29, 0.717) is 6.04 Å². The van der Waals surface area contributed by atoms with E-state index in [2.05, 4.69) is 24.5 Å². The van der Waals surface area contributed by atoms with Crippen molar-refractivity contribution >= 4 is 0 Å². The van der Waals surface area contributed by atoms with Gasteiger partial charge in [-0.3, -0.25) is 0 Å². The molecule has 0 amide bonds. The largest absolute Gasteiger partial charge is 0.497 e. The van der Waals surface area contributed by atoms with Crippen molar-refractivity contribution in [2.24, 2.45) is 5.92 Å². The number of hydrogen-bond donors (Lipinski definition) is 1. The third kappa shape index (κ3) is 2.56. The molecule has 1 atom stereocenters. The number of methoxy groups -OCH3 is 1. The van der Waals surface area contributed by atoms with Gasteiger partial charge in [0.1, 0.15) is 5.75 Å². The van der Waals surface area contributed by atoms with Crippen LogP contribution in [0.5, 0.6) is 5.75 Å². The minimum absolute atomic E-state index is 0.641. The van der Waals surface area contributed by atoms with Crippen LogP contribution >= 0.6 is 0 Å². The number of benzene rings is 1. The van der Waals surface area contributed by atoms with Crippen LogP contribution in [0.1, 0.15) is 24.8 Å². The smallest absolute Gasteiger partial charge is 0.118 e. The Morgan fingerprint density at radius 2 is 2.00 bits per heavy atom. The molecular formula is C14H21NO. The molecular weight excluding hydrogens is 198 g/mol. The molecule has 1 aliphatic rings.